The highest BCUT2D eigenvalue weighted by atomic mass is 16.6. The van der Waals surface area contributed by atoms with E-state index in [1.165, 1.54) is 7.11 Å². The summed E-state index contributed by atoms with van der Waals surface area (Å²) in [7, 11) is 1.36. The van der Waals surface area contributed by atoms with Gasteiger partial charge in [0.25, 0.3) is 0 Å². The molecule has 0 heterocycles. The van der Waals surface area contributed by atoms with Crippen molar-refractivity contribution in [1.29, 1.82) is 0 Å². The predicted molar refractivity (Wildman–Crippen MR) is 114 cm³/mol. The van der Waals surface area contributed by atoms with Crippen molar-refractivity contribution in [2.24, 2.45) is 0 Å². The number of carbonyl (C=O) groups is 2. The molecule has 0 radical (unpaired) electrons. The average Bonchev–Trinajstić information content (AvgIpc) is 2.68. The Kier molecular flexibility index (Phi) is 8.01. The van der Waals surface area contributed by atoms with Gasteiger partial charge in [0.1, 0.15) is 5.60 Å². The van der Waals surface area contributed by atoms with E-state index < -0.39 is 11.7 Å². The number of rotatable bonds is 7. The summed E-state index contributed by atoms with van der Waals surface area (Å²) in [4.78, 5) is 24.3. The lowest BCUT2D eigenvalue weighted by Gasteiger charge is -2.26. The van der Waals surface area contributed by atoms with Crippen LogP contribution in [0, 0.1) is 0 Å². The molecule has 2 aromatic carbocycles. The normalized spacial score (nSPS) is 12.8. The minimum Gasteiger partial charge on any atom is -0.469 e. The van der Waals surface area contributed by atoms with Gasteiger partial charge >= 0.3 is 12.1 Å². The highest BCUT2D eigenvalue weighted by Crippen LogP contribution is 2.23. The van der Waals surface area contributed by atoms with Crippen molar-refractivity contribution in [1.82, 2.24) is 5.32 Å². The van der Waals surface area contributed by atoms with E-state index >= 15 is 0 Å². The third-order valence-electron chi connectivity index (χ3n) is 4.17. The number of ether oxygens (including phenoxy) is 2. The summed E-state index contributed by atoms with van der Waals surface area (Å²) in [6.07, 6.45) is 1.98. The van der Waals surface area contributed by atoms with E-state index in [1.807, 2.05) is 87.5 Å². The SMILES string of the molecule is COC(=O)C/C=C(\c1ccccc1)[C@H](Cc1ccccc1)NC(=O)OC(C)(C)C. The quantitative estimate of drug-likeness (QED) is 0.686. The third-order valence-corrected chi connectivity index (χ3v) is 4.17. The molecule has 2 rings (SSSR count). The smallest absolute Gasteiger partial charge is 0.408 e. The molecule has 154 valence electrons. The monoisotopic (exact) mass is 395 g/mol. The predicted octanol–water partition coefficient (Wildman–Crippen LogP) is 4.77. The van der Waals surface area contributed by atoms with Crippen LogP contribution in [0.5, 0.6) is 0 Å². The van der Waals surface area contributed by atoms with E-state index in [0.29, 0.717) is 6.42 Å². The van der Waals surface area contributed by atoms with Gasteiger partial charge in [-0.2, -0.15) is 0 Å². The maximum atomic E-state index is 12.5. The Labute approximate surface area is 172 Å². The minimum atomic E-state index is -0.607. The summed E-state index contributed by atoms with van der Waals surface area (Å²) < 4.78 is 10.3. The lowest BCUT2D eigenvalue weighted by Crippen LogP contribution is -2.41. The van der Waals surface area contributed by atoms with Gasteiger partial charge < -0.3 is 14.8 Å². The Hall–Kier alpha value is -3.08. The number of benzene rings is 2. The first-order valence-electron chi connectivity index (χ1n) is 9.64. The van der Waals surface area contributed by atoms with Crippen LogP contribution in [0.25, 0.3) is 5.57 Å². The summed E-state index contributed by atoms with van der Waals surface area (Å²) in [5.74, 6) is -0.339. The van der Waals surface area contributed by atoms with E-state index in [1.54, 1.807) is 0 Å². The van der Waals surface area contributed by atoms with Crippen molar-refractivity contribution >= 4 is 17.6 Å². The maximum absolute atomic E-state index is 12.5. The molecular formula is C24H29NO4. The van der Waals surface area contributed by atoms with Crippen LogP contribution in [0.3, 0.4) is 0 Å². The summed E-state index contributed by atoms with van der Waals surface area (Å²) in [6.45, 7) is 5.47. The van der Waals surface area contributed by atoms with E-state index in [0.717, 1.165) is 16.7 Å². The van der Waals surface area contributed by atoms with E-state index in [2.05, 4.69) is 5.32 Å². The van der Waals surface area contributed by atoms with Crippen LogP contribution >= 0.6 is 0 Å². The van der Waals surface area contributed by atoms with Crippen molar-refractivity contribution in [3.05, 3.63) is 77.9 Å². The van der Waals surface area contributed by atoms with Gasteiger partial charge in [-0.05, 0) is 43.9 Å². The van der Waals surface area contributed by atoms with Gasteiger partial charge in [-0.15, -0.1) is 0 Å². The molecule has 5 heteroatoms. The zero-order chi connectivity index (χ0) is 21.3. The minimum absolute atomic E-state index is 0.113. The molecule has 0 spiro atoms. The Balaban J connectivity index is 2.39. The molecule has 0 bridgehead atoms. The van der Waals surface area contributed by atoms with Crippen molar-refractivity contribution in [2.75, 3.05) is 7.11 Å². The van der Waals surface area contributed by atoms with Gasteiger partial charge in [-0.25, -0.2) is 4.79 Å². The Morgan fingerprint density at radius 1 is 1.00 bits per heavy atom. The molecule has 1 N–H and O–H groups in total. The zero-order valence-corrected chi connectivity index (χ0v) is 17.5. The van der Waals surface area contributed by atoms with E-state index in [4.69, 9.17) is 9.47 Å². The molecule has 0 aliphatic rings. The fraction of sp³-hybridized carbons (Fsp3) is 0.333. The van der Waals surface area contributed by atoms with Crippen molar-refractivity contribution < 1.29 is 19.1 Å². The molecule has 0 unspecified atom stereocenters. The van der Waals surface area contributed by atoms with Gasteiger partial charge in [0, 0.05) is 0 Å². The third kappa shape index (κ3) is 7.82. The van der Waals surface area contributed by atoms with Gasteiger partial charge in [0.05, 0.1) is 19.6 Å². The van der Waals surface area contributed by atoms with Crippen LogP contribution in [0.15, 0.2) is 66.7 Å². The van der Waals surface area contributed by atoms with E-state index in [-0.39, 0.29) is 18.4 Å². The van der Waals surface area contributed by atoms with Gasteiger partial charge in [0.2, 0.25) is 0 Å². The summed E-state index contributed by atoms with van der Waals surface area (Å²) in [5.41, 5.74) is 2.22. The molecule has 0 saturated carbocycles. The first-order chi connectivity index (χ1) is 13.8. The van der Waals surface area contributed by atoms with Crippen LogP contribution in [0.4, 0.5) is 4.79 Å². The second-order valence-electron chi connectivity index (χ2n) is 7.69. The number of hydrogen-bond donors (Lipinski definition) is 1. The van der Waals surface area contributed by atoms with Gasteiger partial charge in [-0.3, -0.25) is 4.79 Å². The molecule has 1 amide bonds. The largest absolute Gasteiger partial charge is 0.469 e. The van der Waals surface area contributed by atoms with E-state index in [9.17, 15) is 9.59 Å². The fourth-order valence-electron chi connectivity index (χ4n) is 2.91. The van der Waals surface area contributed by atoms with Gasteiger partial charge in [-0.1, -0.05) is 66.7 Å². The van der Waals surface area contributed by atoms with Crippen LogP contribution in [0.2, 0.25) is 0 Å². The number of alkyl carbamates (subject to hydrolysis) is 1. The highest BCUT2D eigenvalue weighted by Gasteiger charge is 2.23. The number of hydrogen-bond acceptors (Lipinski definition) is 4. The lowest BCUT2D eigenvalue weighted by atomic mass is 9.92. The number of amides is 1. The summed E-state index contributed by atoms with van der Waals surface area (Å²) in [5, 5.41) is 2.98. The van der Waals surface area contributed by atoms with Crippen molar-refractivity contribution in [3.63, 3.8) is 0 Å². The molecule has 29 heavy (non-hydrogen) atoms. The zero-order valence-electron chi connectivity index (χ0n) is 17.5. The molecule has 2 aromatic rings. The molecular weight excluding hydrogens is 366 g/mol. The molecule has 0 saturated heterocycles. The van der Waals surface area contributed by atoms with Crippen LogP contribution < -0.4 is 5.32 Å². The number of nitrogens with one attached hydrogen (secondary N) is 1. The van der Waals surface area contributed by atoms with Gasteiger partial charge in [0.15, 0.2) is 0 Å². The number of methoxy groups -OCH3 is 1. The molecule has 0 aliphatic carbocycles. The van der Waals surface area contributed by atoms with Crippen molar-refractivity contribution in [2.45, 2.75) is 45.3 Å². The molecule has 5 nitrogen and oxygen atoms in total. The number of carbonyl (C=O) groups excluding carboxylic acids is 2. The van der Waals surface area contributed by atoms with Crippen LogP contribution in [-0.4, -0.2) is 30.8 Å². The second kappa shape index (κ2) is 10.5. The molecule has 0 aromatic heterocycles. The van der Waals surface area contributed by atoms with Crippen molar-refractivity contribution in [3.8, 4) is 0 Å². The van der Waals surface area contributed by atoms with Crippen LogP contribution in [0.1, 0.15) is 38.3 Å². The fourth-order valence-corrected chi connectivity index (χ4v) is 2.91. The summed E-state index contributed by atoms with van der Waals surface area (Å²) in [6, 6.07) is 19.2. The standard InChI is InChI=1S/C24H29NO4/c1-24(2,3)29-23(27)25-21(17-18-11-7-5-8-12-18)20(15-16-22(26)28-4)19-13-9-6-10-14-19/h5-15,21H,16-17H2,1-4H3,(H,25,27)/b20-15+/t21-/m0/s1. The molecule has 0 fully saturated rings. The maximum Gasteiger partial charge on any atom is 0.408 e. The first-order valence-corrected chi connectivity index (χ1v) is 9.64. The van der Waals surface area contributed by atoms with Crippen LogP contribution in [-0.2, 0) is 20.7 Å². The highest BCUT2D eigenvalue weighted by molar-refractivity contribution is 5.80. The second-order valence-corrected chi connectivity index (χ2v) is 7.69. The topological polar surface area (TPSA) is 64.6 Å². The Morgan fingerprint density at radius 2 is 1.59 bits per heavy atom. The average molecular weight is 395 g/mol. The molecule has 1 atom stereocenters. The summed E-state index contributed by atoms with van der Waals surface area (Å²) >= 11 is 0. The Bertz CT molecular complexity index is 823. The molecule has 0 aliphatic heterocycles. The Morgan fingerprint density at radius 3 is 2.14 bits per heavy atom. The number of esters is 1. The lowest BCUT2D eigenvalue weighted by molar-refractivity contribution is -0.139. The first kappa shape index (κ1) is 22.2.